The number of hydrogen-bond donors (Lipinski definition) is 1. The van der Waals surface area contributed by atoms with Gasteiger partial charge in [-0.1, -0.05) is 39.5 Å². The van der Waals surface area contributed by atoms with E-state index < -0.39 is 0 Å². The van der Waals surface area contributed by atoms with Crippen LogP contribution in [0.2, 0.25) is 0 Å². The molecular weight excluding hydrogens is 232 g/mol. The molecule has 0 amide bonds. The zero-order valence-corrected chi connectivity index (χ0v) is 12.7. The molecule has 106 valence electrons. The normalized spacial score (nSPS) is 25.2. The molecule has 1 fully saturated rings. The Morgan fingerprint density at radius 2 is 2.11 bits per heavy atom. The van der Waals surface area contributed by atoms with Crippen molar-refractivity contribution in [2.45, 2.75) is 58.4 Å². The number of aromatic nitrogens is 1. The first-order chi connectivity index (χ1) is 9.31. The van der Waals surface area contributed by atoms with Crippen molar-refractivity contribution in [3.8, 4) is 0 Å². The molecule has 1 aromatic rings. The summed E-state index contributed by atoms with van der Waals surface area (Å²) >= 11 is 0. The number of hydrogen-bond acceptors (Lipinski definition) is 2. The highest BCUT2D eigenvalue weighted by Crippen LogP contribution is 2.40. The number of aryl methyl sites for hydroxylation is 1. The van der Waals surface area contributed by atoms with Crippen molar-refractivity contribution in [1.29, 1.82) is 0 Å². The predicted molar refractivity (Wildman–Crippen MR) is 81.2 cm³/mol. The molecule has 3 atom stereocenters. The van der Waals surface area contributed by atoms with Gasteiger partial charge in [0.25, 0.3) is 0 Å². The van der Waals surface area contributed by atoms with Crippen molar-refractivity contribution in [3.05, 3.63) is 29.6 Å². The Morgan fingerprint density at radius 1 is 1.32 bits per heavy atom. The lowest BCUT2D eigenvalue weighted by atomic mass is 9.72. The molecule has 2 rings (SSSR count). The summed E-state index contributed by atoms with van der Waals surface area (Å²) in [4.78, 5) is 4.29. The van der Waals surface area contributed by atoms with E-state index in [2.05, 4.69) is 37.3 Å². The molecule has 0 spiro atoms. The molecule has 0 radical (unpaired) electrons. The lowest BCUT2D eigenvalue weighted by molar-refractivity contribution is 0.180. The molecule has 1 aliphatic rings. The fraction of sp³-hybridized carbons (Fsp3) is 0.706. The molecule has 19 heavy (non-hydrogen) atoms. The smallest absolute Gasteiger partial charge is 0.0352 e. The van der Waals surface area contributed by atoms with E-state index in [0.717, 1.165) is 18.3 Å². The predicted octanol–water partition coefficient (Wildman–Crippen LogP) is 4.12. The highest BCUT2D eigenvalue weighted by Gasteiger charge is 2.31. The highest BCUT2D eigenvalue weighted by molar-refractivity contribution is 5.27. The van der Waals surface area contributed by atoms with Crippen LogP contribution in [0.4, 0.5) is 0 Å². The van der Waals surface area contributed by atoms with Crippen molar-refractivity contribution in [3.63, 3.8) is 0 Å². The van der Waals surface area contributed by atoms with Gasteiger partial charge in [0.05, 0.1) is 0 Å². The molecule has 1 saturated carbocycles. The Morgan fingerprint density at radius 3 is 2.79 bits per heavy atom. The summed E-state index contributed by atoms with van der Waals surface area (Å²) in [6.45, 7) is 4.58. The molecule has 1 heterocycles. The van der Waals surface area contributed by atoms with Gasteiger partial charge in [-0.2, -0.15) is 0 Å². The fourth-order valence-corrected chi connectivity index (χ4v) is 3.82. The maximum atomic E-state index is 4.29. The van der Waals surface area contributed by atoms with Gasteiger partial charge < -0.3 is 5.32 Å². The minimum absolute atomic E-state index is 0.503. The van der Waals surface area contributed by atoms with E-state index in [1.54, 1.807) is 0 Å². The number of pyridine rings is 1. The number of nitrogens with one attached hydrogen (secondary N) is 1. The molecule has 1 N–H and O–H groups in total. The van der Waals surface area contributed by atoms with E-state index in [9.17, 15) is 0 Å². The molecule has 2 heteroatoms. The van der Waals surface area contributed by atoms with Gasteiger partial charge in [-0.05, 0) is 48.9 Å². The Labute approximate surface area is 118 Å². The Hall–Kier alpha value is -0.890. The van der Waals surface area contributed by atoms with Gasteiger partial charge in [-0.25, -0.2) is 0 Å². The zero-order chi connectivity index (χ0) is 13.7. The van der Waals surface area contributed by atoms with Crippen LogP contribution in [-0.4, -0.2) is 12.0 Å². The molecule has 1 aromatic heterocycles. The summed E-state index contributed by atoms with van der Waals surface area (Å²) in [7, 11) is 2.12. The van der Waals surface area contributed by atoms with Gasteiger partial charge in [0.15, 0.2) is 0 Å². The van der Waals surface area contributed by atoms with Crippen molar-refractivity contribution < 1.29 is 0 Å². The van der Waals surface area contributed by atoms with Crippen LogP contribution in [0, 0.1) is 11.8 Å². The highest BCUT2D eigenvalue weighted by atomic mass is 14.9. The number of rotatable bonds is 5. The van der Waals surface area contributed by atoms with E-state index in [0.29, 0.717) is 6.04 Å². The zero-order valence-electron chi connectivity index (χ0n) is 12.7. The third kappa shape index (κ3) is 3.17. The summed E-state index contributed by atoms with van der Waals surface area (Å²) in [5.74, 6) is 1.67. The molecule has 0 aliphatic heterocycles. The number of nitrogens with zero attached hydrogens (tertiary/aromatic N) is 1. The van der Waals surface area contributed by atoms with Crippen molar-refractivity contribution in [2.75, 3.05) is 7.05 Å². The summed E-state index contributed by atoms with van der Waals surface area (Å²) in [5, 5.41) is 3.60. The molecule has 3 unspecified atom stereocenters. The lowest BCUT2D eigenvalue weighted by Gasteiger charge is -2.37. The average Bonchev–Trinajstić information content (AvgIpc) is 2.49. The van der Waals surface area contributed by atoms with Crippen LogP contribution in [0.5, 0.6) is 0 Å². The Balaban J connectivity index is 2.27. The maximum absolute atomic E-state index is 4.29. The van der Waals surface area contributed by atoms with Gasteiger partial charge >= 0.3 is 0 Å². The van der Waals surface area contributed by atoms with Gasteiger partial charge in [-0.3, -0.25) is 4.98 Å². The van der Waals surface area contributed by atoms with E-state index in [-0.39, 0.29) is 0 Å². The Kier molecular flexibility index (Phi) is 5.38. The topological polar surface area (TPSA) is 24.9 Å². The molecule has 0 aromatic carbocycles. The van der Waals surface area contributed by atoms with Gasteiger partial charge in [-0.15, -0.1) is 0 Å². The first-order valence-corrected chi connectivity index (χ1v) is 7.91. The summed E-state index contributed by atoms with van der Waals surface area (Å²) in [6, 6.07) is 2.73. The van der Waals surface area contributed by atoms with E-state index in [4.69, 9.17) is 0 Å². The Bertz CT molecular complexity index is 389. The fourth-order valence-electron chi connectivity index (χ4n) is 3.82. The summed E-state index contributed by atoms with van der Waals surface area (Å²) in [5.41, 5.74) is 2.88. The second-order valence-corrected chi connectivity index (χ2v) is 5.81. The van der Waals surface area contributed by atoms with Crippen LogP contribution in [0.25, 0.3) is 0 Å². The molecular formula is C17H28N2. The average molecular weight is 260 g/mol. The molecule has 2 nitrogen and oxygen atoms in total. The largest absolute Gasteiger partial charge is 0.313 e. The monoisotopic (exact) mass is 260 g/mol. The van der Waals surface area contributed by atoms with Crippen LogP contribution in [-0.2, 0) is 6.42 Å². The first kappa shape index (κ1) is 14.5. The van der Waals surface area contributed by atoms with E-state index >= 15 is 0 Å². The van der Waals surface area contributed by atoms with Crippen LogP contribution >= 0.6 is 0 Å². The van der Waals surface area contributed by atoms with Crippen molar-refractivity contribution in [2.24, 2.45) is 11.8 Å². The molecule has 1 aliphatic carbocycles. The third-order valence-electron chi connectivity index (χ3n) is 4.89. The standard InChI is InChI=1S/C17H28N2/c1-4-13-8-6-7-9-15(13)17(18-3)16-10-11-19-12-14(16)5-2/h10-13,15,17-18H,4-9H2,1-3H3. The summed E-state index contributed by atoms with van der Waals surface area (Å²) in [6.07, 6.45) is 12.0. The quantitative estimate of drug-likeness (QED) is 0.861. The molecule has 0 bridgehead atoms. The second kappa shape index (κ2) is 7.04. The summed E-state index contributed by atoms with van der Waals surface area (Å²) < 4.78 is 0. The third-order valence-corrected chi connectivity index (χ3v) is 4.89. The molecule has 0 saturated heterocycles. The van der Waals surface area contributed by atoms with E-state index in [1.165, 1.54) is 43.2 Å². The van der Waals surface area contributed by atoms with Crippen LogP contribution in [0.3, 0.4) is 0 Å². The van der Waals surface area contributed by atoms with Crippen LogP contribution < -0.4 is 5.32 Å². The van der Waals surface area contributed by atoms with Crippen molar-refractivity contribution >= 4 is 0 Å². The van der Waals surface area contributed by atoms with Crippen LogP contribution in [0.15, 0.2) is 18.5 Å². The lowest BCUT2D eigenvalue weighted by Crippen LogP contribution is -2.33. The van der Waals surface area contributed by atoms with Crippen molar-refractivity contribution in [1.82, 2.24) is 10.3 Å². The first-order valence-electron chi connectivity index (χ1n) is 7.91. The van der Waals surface area contributed by atoms with Gasteiger partial charge in [0.1, 0.15) is 0 Å². The minimum atomic E-state index is 0.503. The second-order valence-electron chi connectivity index (χ2n) is 5.81. The SMILES string of the molecule is CCc1cnccc1C(NC)C1CCCCC1CC. The maximum Gasteiger partial charge on any atom is 0.0352 e. The van der Waals surface area contributed by atoms with Crippen LogP contribution in [0.1, 0.15) is 63.1 Å². The van der Waals surface area contributed by atoms with E-state index in [1.807, 2.05) is 12.4 Å². The van der Waals surface area contributed by atoms with Gasteiger partial charge in [0, 0.05) is 18.4 Å². The minimum Gasteiger partial charge on any atom is -0.313 e. The van der Waals surface area contributed by atoms with Gasteiger partial charge in [0.2, 0.25) is 0 Å².